The third kappa shape index (κ3) is 6.57. The highest BCUT2D eigenvalue weighted by molar-refractivity contribution is 6.27. The molecule has 0 N–H and O–H groups in total. The van der Waals surface area contributed by atoms with E-state index in [0.717, 1.165) is 92.8 Å². The number of para-hydroxylation sites is 5. The Hall–Kier alpha value is -9.58. The van der Waals surface area contributed by atoms with E-state index in [4.69, 9.17) is 13.2 Å². The van der Waals surface area contributed by atoms with Crippen LogP contribution < -0.4 is 4.57 Å². The molecule has 5 nitrogen and oxygen atoms in total. The van der Waals surface area contributed by atoms with Gasteiger partial charge in [-0.25, -0.2) is 4.98 Å². The van der Waals surface area contributed by atoms with Gasteiger partial charge in [-0.3, -0.25) is 13.7 Å². The van der Waals surface area contributed by atoms with Gasteiger partial charge >= 0.3 is 0 Å². The molecule has 0 aliphatic heterocycles. The number of hydrogen-bond acceptors (Lipinski definition) is 1. The monoisotopic (exact) mass is 969 g/mol. The van der Waals surface area contributed by atoms with E-state index in [1.54, 1.807) is 22.8 Å². The summed E-state index contributed by atoms with van der Waals surface area (Å²) in [6.07, 6.45) is 5.53. The second-order valence-electron chi connectivity index (χ2n) is 20.2. The maximum absolute atomic E-state index is 9.24. The van der Waals surface area contributed by atoms with Crippen LogP contribution in [-0.4, -0.2) is 18.5 Å². The summed E-state index contributed by atoms with van der Waals surface area (Å²) >= 11 is 0. The number of fused-ring (bicyclic) bond motifs is 14. The van der Waals surface area contributed by atoms with Crippen LogP contribution in [0.1, 0.15) is 40.0 Å². The van der Waals surface area contributed by atoms with Gasteiger partial charge in [0.05, 0.1) is 63.7 Å². The summed E-state index contributed by atoms with van der Waals surface area (Å²) in [5.41, 5.74) is 8.11. The standard InChI is InChI=1S/C70H49N5/c1-70(2,3)47-38-39-71-67(40-47)74-61-33-15-14-28-55(61)60-42-59-54-27-13-11-25-52(54)51-24-10-12-26-53(51)57-31-19-32-58-56-37-36-48(41-64(56)75(69(57)58)66(59)43-65(60)74)72-44-73(63-35-17-16-34-62(63)72)68-49(45-20-6-4-7-21-45)29-18-30-50(68)46-22-8-5-9-23-46/h4-43H,1-3H3/i4D,5D,6D,7D,8D,9D,20D,21D,22D,23D. The lowest BCUT2D eigenvalue weighted by Gasteiger charge is -2.20. The zero-order valence-electron chi connectivity index (χ0n) is 51.1. The first-order chi connectivity index (χ1) is 41.0. The number of rotatable bonds is 5. The molecule has 0 aliphatic carbocycles. The molecule has 5 heteroatoms. The smallest absolute Gasteiger partial charge is 0.269 e. The maximum Gasteiger partial charge on any atom is 0.269 e. The van der Waals surface area contributed by atoms with Crippen LogP contribution in [0, 0.1) is 6.33 Å². The lowest BCUT2D eigenvalue weighted by molar-refractivity contribution is -0.571. The summed E-state index contributed by atoms with van der Waals surface area (Å²) in [4.78, 5) is 5.07. The fraction of sp³-hybridized carbons (Fsp3) is 0.0571. The second kappa shape index (κ2) is 16.5. The number of nitrogens with zero attached hydrogens (tertiary/aromatic N) is 5. The van der Waals surface area contributed by atoms with E-state index in [1.165, 1.54) is 0 Å². The molecule has 0 amide bonds. The van der Waals surface area contributed by atoms with Crippen LogP contribution in [0.3, 0.4) is 0 Å². The molecule has 5 heterocycles. The first kappa shape index (κ1) is 34.0. The molecule has 0 atom stereocenters. The highest BCUT2D eigenvalue weighted by Crippen LogP contribution is 2.43. The molecular formula is C70H49N5. The first-order valence-electron chi connectivity index (χ1n) is 30.1. The molecule has 75 heavy (non-hydrogen) atoms. The number of pyridine rings is 1. The Kier molecular flexibility index (Phi) is 7.46. The van der Waals surface area contributed by atoms with E-state index in [0.29, 0.717) is 16.7 Å². The largest absolute Gasteiger partial charge is 0.308 e. The van der Waals surface area contributed by atoms with Crippen LogP contribution in [0.25, 0.3) is 132 Å². The van der Waals surface area contributed by atoms with Gasteiger partial charge in [0.15, 0.2) is 0 Å². The molecule has 354 valence electrons. The van der Waals surface area contributed by atoms with Gasteiger partial charge in [-0.15, -0.1) is 0 Å². The number of benzene rings is 10. The number of imidazole rings is 1. The Morgan fingerprint density at radius 1 is 0.453 bits per heavy atom. The second-order valence-corrected chi connectivity index (χ2v) is 20.2. The highest BCUT2D eigenvalue weighted by Gasteiger charge is 2.23. The quantitative estimate of drug-likeness (QED) is 0.125. The van der Waals surface area contributed by atoms with E-state index in [2.05, 4.69) is 170 Å². The van der Waals surface area contributed by atoms with Crippen molar-refractivity contribution in [2.75, 3.05) is 0 Å². The van der Waals surface area contributed by atoms with E-state index in [1.807, 2.05) is 35.0 Å². The molecule has 10 aromatic carbocycles. The van der Waals surface area contributed by atoms with Crippen molar-refractivity contribution in [2.24, 2.45) is 0 Å². The average molecular weight is 970 g/mol. The van der Waals surface area contributed by atoms with Gasteiger partial charge in [0.25, 0.3) is 6.33 Å². The fourth-order valence-electron chi connectivity index (χ4n) is 11.6. The van der Waals surface area contributed by atoms with Crippen molar-refractivity contribution < 1.29 is 18.3 Å². The first-order valence-corrected chi connectivity index (χ1v) is 25.1. The average Bonchev–Trinajstić information content (AvgIpc) is 1.65. The van der Waals surface area contributed by atoms with Crippen LogP contribution >= 0.6 is 0 Å². The van der Waals surface area contributed by atoms with Crippen molar-refractivity contribution in [1.29, 1.82) is 0 Å². The van der Waals surface area contributed by atoms with Gasteiger partial charge in [-0.2, -0.15) is 0 Å². The molecule has 0 spiro atoms. The van der Waals surface area contributed by atoms with Crippen molar-refractivity contribution in [1.82, 2.24) is 18.5 Å². The summed E-state index contributed by atoms with van der Waals surface area (Å²) in [6, 6.07) is 54.9. The summed E-state index contributed by atoms with van der Waals surface area (Å²) in [7, 11) is 0. The summed E-state index contributed by atoms with van der Waals surface area (Å²) in [5, 5.41) is 10.6. The van der Waals surface area contributed by atoms with Gasteiger partial charge in [0, 0.05) is 38.5 Å². The molecule has 0 fully saturated rings. The lowest BCUT2D eigenvalue weighted by Crippen LogP contribution is -2.31. The molecule has 0 bridgehead atoms. The predicted octanol–water partition coefficient (Wildman–Crippen LogP) is 17.4. The normalized spacial score (nSPS) is 14.1. The third-order valence-corrected chi connectivity index (χ3v) is 15.0. The molecule has 0 saturated carbocycles. The molecular weight excluding hydrogens is 911 g/mol. The summed E-state index contributed by atoms with van der Waals surface area (Å²) < 4.78 is 97.4. The molecule has 0 saturated heterocycles. The SMILES string of the molecule is [2H]c1c([2H])c([2H])c(-c2cccc(-c3c([2H])c([2H])c([2H])c([2H])c3[2H])c2-[n+]2[c-]n(-c3ccc4c5cccc6c7ccccc7c7ccccc7c7cc8c9ccccc9n(-c9cc(C(C)(C)C)ccn9)c8cc7n(c4c3)c65)c3ccccc32)c([2H])c1[2H]. The predicted molar refractivity (Wildman–Crippen MR) is 313 cm³/mol. The van der Waals surface area contributed by atoms with Gasteiger partial charge in [-0.1, -0.05) is 215 Å². The third-order valence-electron chi connectivity index (χ3n) is 15.0. The Morgan fingerprint density at radius 2 is 0.987 bits per heavy atom. The van der Waals surface area contributed by atoms with Crippen molar-refractivity contribution in [3.8, 4) is 39.4 Å². The molecule has 15 aromatic rings. The maximum atomic E-state index is 9.24. The van der Waals surface area contributed by atoms with Gasteiger partial charge in [0.1, 0.15) is 5.82 Å². The van der Waals surface area contributed by atoms with E-state index >= 15 is 0 Å². The minimum Gasteiger partial charge on any atom is -0.308 e. The van der Waals surface area contributed by atoms with Crippen LogP contribution in [0.15, 0.2) is 243 Å². The van der Waals surface area contributed by atoms with Crippen molar-refractivity contribution in [2.45, 2.75) is 26.2 Å². The van der Waals surface area contributed by atoms with E-state index in [9.17, 15) is 5.48 Å². The Morgan fingerprint density at radius 3 is 1.67 bits per heavy atom. The summed E-state index contributed by atoms with van der Waals surface area (Å²) in [5.74, 6) is 0.811. The minimum atomic E-state index is -0.565. The molecule has 0 aliphatic rings. The molecule has 0 unspecified atom stereocenters. The van der Waals surface area contributed by atoms with Crippen molar-refractivity contribution in [3.63, 3.8) is 0 Å². The fourth-order valence-corrected chi connectivity index (χ4v) is 11.6. The topological polar surface area (TPSA) is 31.0 Å². The van der Waals surface area contributed by atoms with Crippen LogP contribution in [0.2, 0.25) is 0 Å². The zero-order valence-corrected chi connectivity index (χ0v) is 41.1. The number of hydrogen-bond donors (Lipinski definition) is 0. The van der Waals surface area contributed by atoms with Gasteiger partial charge in [-0.05, 0) is 97.2 Å². The number of aromatic nitrogens is 5. The van der Waals surface area contributed by atoms with Crippen molar-refractivity contribution >= 4 is 92.5 Å². The Balaban J connectivity index is 1.10. The van der Waals surface area contributed by atoms with Crippen LogP contribution in [-0.2, 0) is 5.41 Å². The van der Waals surface area contributed by atoms with E-state index in [-0.39, 0.29) is 33.4 Å². The molecule has 0 radical (unpaired) electrons. The van der Waals surface area contributed by atoms with Gasteiger partial charge < -0.3 is 4.40 Å². The van der Waals surface area contributed by atoms with Gasteiger partial charge in [0.2, 0.25) is 0 Å². The minimum absolute atomic E-state index is 0.125. The van der Waals surface area contributed by atoms with Crippen molar-refractivity contribution in [3.05, 3.63) is 254 Å². The zero-order chi connectivity index (χ0) is 58.6. The van der Waals surface area contributed by atoms with E-state index < -0.39 is 60.4 Å². The van der Waals surface area contributed by atoms with Crippen LogP contribution in [0.5, 0.6) is 0 Å². The highest BCUT2D eigenvalue weighted by atomic mass is 15.1. The molecule has 5 aromatic heterocycles. The Bertz CT molecular complexity index is 5350. The Labute approximate surface area is 447 Å². The molecule has 15 rings (SSSR count). The lowest BCUT2D eigenvalue weighted by atomic mass is 9.88. The summed E-state index contributed by atoms with van der Waals surface area (Å²) in [6.45, 7) is 6.65. The van der Waals surface area contributed by atoms with Crippen LogP contribution in [0.4, 0.5) is 0 Å².